The van der Waals surface area contributed by atoms with Crippen LogP contribution in [0.4, 0.5) is 11.6 Å². The molecule has 5 nitrogen and oxygen atoms in total. The van der Waals surface area contributed by atoms with Crippen LogP contribution < -0.4 is 10.1 Å². The van der Waals surface area contributed by atoms with Crippen molar-refractivity contribution >= 4 is 11.6 Å². The van der Waals surface area contributed by atoms with E-state index in [0.717, 1.165) is 42.7 Å². The van der Waals surface area contributed by atoms with Crippen LogP contribution in [0.15, 0.2) is 30.5 Å². The van der Waals surface area contributed by atoms with Crippen LogP contribution in [0.2, 0.25) is 0 Å². The number of methoxy groups -OCH3 is 1. The predicted octanol–water partition coefficient (Wildman–Crippen LogP) is 3.37. The van der Waals surface area contributed by atoms with Gasteiger partial charge in [-0.3, -0.25) is 0 Å². The van der Waals surface area contributed by atoms with Crippen LogP contribution in [0.5, 0.6) is 5.75 Å². The summed E-state index contributed by atoms with van der Waals surface area (Å²) in [5, 5.41) is 3.35. The maximum Gasteiger partial charge on any atom is 0.207 e. The number of hydrogen-bond acceptors (Lipinski definition) is 4. The van der Waals surface area contributed by atoms with Gasteiger partial charge in [0.15, 0.2) is 0 Å². The van der Waals surface area contributed by atoms with Gasteiger partial charge in [0.05, 0.1) is 12.3 Å². The van der Waals surface area contributed by atoms with Crippen LogP contribution in [-0.2, 0) is 11.3 Å². The van der Waals surface area contributed by atoms with Crippen LogP contribution >= 0.6 is 0 Å². The van der Waals surface area contributed by atoms with Crippen molar-refractivity contribution in [2.75, 3.05) is 25.6 Å². The number of aromatic nitrogens is 2. The Morgan fingerprint density at radius 3 is 2.67 bits per heavy atom. The smallest absolute Gasteiger partial charge is 0.207 e. The van der Waals surface area contributed by atoms with E-state index in [1.807, 2.05) is 44.3 Å². The fourth-order valence-corrected chi connectivity index (χ4v) is 2.13. The van der Waals surface area contributed by atoms with E-state index in [1.165, 1.54) is 0 Å². The molecular formula is C16H23N3O2. The normalized spacial score (nSPS) is 10.6. The van der Waals surface area contributed by atoms with Gasteiger partial charge in [-0.15, -0.1) is 0 Å². The lowest BCUT2D eigenvalue weighted by molar-refractivity contribution is 0.190. The van der Waals surface area contributed by atoms with Gasteiger partial charge in [0.1, 0.15) is 5.75 Å². The summed E-state index contributed by atoms with van der Waals surface area (Å²) >= 11 is 0. The monoisotopic (exact) mass is 289 g/mol. The molecule has 5 heteroatoms. The molecule has 0 spiro atoms. The van der Waals surface area contributed by atoms with Crippen LogP contribution in [-0.4, -0.2) is 29.9 Å². The number of imidazole rings is 1. The third kappa shape index (κ3) is 4.49. The van der Waals surface area contributed by atoms with E-state index in [2.05, 4.69) is 14.9 Å². The third-order valence-electron chi connectivity index (χ3n) is 3.07. The highest BCUT2D eigenvalue weighted by Crippen LogP contribution is 2.20. The second-order valence-electron chi connectivity index (χ2n) is 4.83. The standard InChI is InChI=1S/C16H23N3O2/c1-4-21-15-8-6-14(7-9-15)18-16-17-13(2)12-19(16)10-5-11-20-3/h6-9,12H,4-5,10-11H2,1-3H3,(H,17,18). The number of ether oxygens (including phenoxy) is 2. The molecule has 2 rings (SSSR count). The van der Waals surface area contributed by atoms with Gasteiger partial charge in [0, 0.05) is 32.1 Å². The summed E-state index contributed by atoms with van der Waals surface area (Å²) in [4.78, 5) is 4.52. The topological polar surface area (TPSA) is 48.3 Å². The molecule has 0 amide bonds. The SMILES string of the molecule is CCOc1ccc(Nc2nc(C)cn2CCCOC)cc1. The summed E-state index contributed by atoms with van der Waals surface area (Å²) in [5.74, 6) is 1.73. The molecule has 0 aliphatic carbocycles. The Balaban J connectivity index is 2.04. The Hall–Kier alpha value is -2.01. The number of anilines is 2. The molecule has 2 aromatic rings. The summed E-state index contributed by atoms with van der Waals surface area (Å²) in [6, 6.07) is 7.90. The molecule has 0 fully saturated rings. The van der Waals surface area contributed by atoms with Crippen LogP contribution in [0.3, 0.4) is 0 Å². The van der Waals surface area contributed by atoms with Crippen molar-refractivity contribution in [1.29, 1.82) is 0 Å². The Kier molecular flexibility index (Phi) is 5.63. The van der Waals surface area contributed by atoms with Gasteiger partial charge in [-0.25, -0.2) is 4.98 Å². The van der Waals surface area contributed by atoms with Crippen molar-refractivity contribution in [2.45, 2.75) is 26.8 Å². The Morgan fingerprint density at radius 2 is 2.00 bits per heavy atom. The fraction of sp³-hybridized carbons (Fsp3) is 0.438. The average molecular weight is 289 g/mol. The van der Waals surface area contributed by atoms with Gasteiger partial charge in [-0.2, -0.15) is 0 Å². The maximum absolute atomic E-state index is 5.44. The first-order chi connectivity index (χ1) is 10.2. The minimum absolute atomic E-state index is 0.676. The molecule has 1 N–H and O–H groups in total. The first-order valence-electron chi connectivity index (χ1n) is 7.25. The molecular weight excluding hydrogens is 266 g/mol. The fourth-order valence-electron chi connectivity index (χ4n) is 2.13. The third-order valence-corrected chi connectivity index (χ3v) is 3.07. The summed E-state index contributed by atoms with van der Waals surface area (Å²) in [7, 11) is 1.72. The molecule has 1 aromatic heterocycles. The van der Waals surface area contributed by atoms with Crippen molar-refractivity contribution in [1.82, 2.24) is 9.55 Å². The first kappa shape index (κ1) is 15.4. The summed E-state index contributed by atoms with van der Waals surface area (Å²) in [6.07, 6.45) is 3.01. The maximum atomic E-state index is 5.44. The van der Waals surface area contributed by atoms with Crippen molar-refractivity contribution in [3.05, 3.63) is 36.2 Å². The number of nitrogens with one attached hydrogen (secondary N) is 1. The quantitative estimate of drug-likeness (QED) is 0.757. The van der Waals surface area contributed by atoms with Crippen molar-refractivity contribution in [2.24, 2.45) is 0 Å². The Labute approximate surface area is 125 Å². The van der Waals surface area contributed by atoms with Gasteiger partial charge in [0.2, 0.25) is 5.95 Å². The van der Waals surface area contributed by atoms with E-state index in [9.17, 15) is 0 Å². The molecule has 0 unspecified atom stereocenters. The summed E-state index contributed by atoms with van der Waals surface area (Å²) < 4.78 is 12.7. The van der Waals surface area contributed by atoms with E-state index >= 15 is 0 Å². The molecule has 0 aliphatic heterocycles. The van der Waals surface area contributed by atoms with Gasteiger partial charge in [-0.05, 0) is 44.5 Å². The summed E-state index contributed by atoms with van der Waals surface area (Å²) in [5.41, 5.74) is 2.00. The second kappa shape index (κ2) is 7.69. The van der Waals surface area contributed by atoms with Crippen molar-refractivity contribution in [3.63, 3.8) is 0 Å². The Bertz CT molecular complexity index is 549. The second-order valence-corrected chi connectivity index (χ2v) is 4.83. The molecule has 114 valence electrons. The number of aryl methyl sites for hydroxylation is 2. The molecule has 0 bridgehead atoms. The van der Waals surface area contributed by atoms with Gasteiger partial charge < -0.3 is 19.4 Å². The van der Waals surface area contributed by atoms with E-state index in [-0.39, 0.29) is 0 Å². The number of nitrogens with zero attached hydrogens (tertiary/aromatic N) is 2. The molecule has 0 atom stereocenters. The highest BCUT2D eigenvalue weighted by Gasteiger charge is 2.06. The van der Waals surface area contributed by atoms with Gasteiger partial charge >= 0.3 is 0 Å². The average Bonchev–Trinajstić information content (AvgIpc) is 2.82. The molecule has 21 heavy (non-hydrogen) atoms. The van der Waals surface area contributed by atoms with E-state index in [1.54, 1.807) is 7.11 Å². The summed E-state index contributed by atoms with van der Waals surface area (Å²) in [6.45, 7) is 6.28. The zero-order valence-electron chi connectivity index (χ0n) is 12.9. The molecule has 1 aromatic carbocycles. The lowest BCUT2D eigenvalue weighted by Crippen LogP contribution is -2.05. The highest BCUT2D eigenvalue weighted by atomic mass is 16.5. The van der Waals surface area contributed by atoms with Gasteiger partial charge in [-0.1, -0.05) is 0 Å². The number of hydrogen-bond donors (Lipinski definition) is 1. The van der Waals surface area contributed by atoms with Crippen molar-refractivity contribution in [3.8, 4) is 5.75 Å². The zero-order chi connectivity index (χ0) is 15.1. The van der Waals surface area contributed by atoms with Crippen molar-refractivity contribution < 1.29 is 9.47 Å². The van der Waals surface area contributed by atoms with E-state index in [0.29, 0.717) is 6.61 Å². The lowest BCUT2D eigenvalue weighted by Gasteiger charge is -2.10. The number of rotatable bonds is 8. The lowest BCUT2D eigenvalue weighted by atomic mass is 10.3. The molecule has 0 radical (unpaired) electrons. The van der Waals surface area contributed by atoms with Crippen LogP contribution in [0.25, 0.3) is 0 Å². The predicted molar refractivity (Wildman–Crippen MR) is 84.4 cm³/mol. The van der Waals surface area contributed by atoms with E-state index in [4.69, 9.17) is 9.47 Å². The van der Waals surface area contributed by atoms with Crippen LogP contribution in [0, 0.1) is 6.92 Å². The van der Waals surface area contributed by atoms with Crippen LogP contribution in [0.1, 0.15) is 19.0 Å². The Morgan fingerprint density at radius 1 is 1.24 bits per heavy atom. The largest absolute Gasteiger partial charge is 0.494 e. The highest BCUT2D eigenvalue weighted by molar-refractivity contribution is 5.55. The van der Waals surface area contributed by atoms with E-state index < -0.39 is 0 Å². The minimum Gasteiger partial charge on any atom is -0.494 e. The molecule has 0 aliphatic rings. The first-order valence-corrected chi connectivity index (χ1v) is 7.25. The molecule has 0 saturated carbocycles. The van der Waals surface area contributed by atoms with Gasteiger partial charge in [0.25, 0.3) is 0 Å². The number of benzene rings is 1. The zero-order valence-corrected chi connectivity index (χ0v) is 12.9. The molecule has 1 heterocycles. The molecule has 0 saturated heterocycles. The minimum atomic E-state index is 0.676.